The lowest BCUT2D eigenvalue weighted by Crippen LogP contribution is -2.41. The molecule has 41 heavy (non-hydrogen) atoms. The highest BCUT2D eigenvalue weighted by Gasteiger charge is 2.61. The van der Waals surface area contributed by atoms with E-state index in [1.165, 1.54) is 6.21 Å². The Bertz CT molecular complexity index is 1620. The summed E-state index contributed by atoms with van der Waals surface area (Å²) in [6, 6.07) is 27.4. The number of imide groups is 1. The Kier molecular flexibility index (Phi) is 6.44. The highest BCUT2D eigenvalue weighted by atomic mass is 79.9. The van der Waals surface area contributed by atoms with Gasteiger partial charge in [-0.25, -0.2) is 0 Å². The van der Waals surface area contributed by atoms with Gasteiger partial charge in [-0.1, -0.05) is 72.3 Å². The summed E-state index contributed by atoms with van der Waals surface area (Å²) >= 11 is 9.56. The van der Waals surface area contributed by atoms with Crippen molar-refractivity contribution in [2.45, 2.75) is 18.4 Å². The van der Waals surface area contributed by atoms with Crippen molar-refractivity contribution in [3.8, 4) is 11.5 Å². The molecular formula is C33H24BrClN2O4. The number of carbonyl (C=O) groups is 2. The van der Waals surface area contributed by atoms with Crippen LogP contribution >= 0.6 is 27.5 Å². The lowest BCUT2D eigenvalue weighted by atomic mass is 9.55. The molecule has 204 valence electrons. The molecule has 1 aliphatic heterocycles. The van der Waals surface area contributed by atoms with E-state index >= 15 is 0 Å². The molecule has 2 amide bonds. The molecule has 3 aliphatic carbocycles. The molecule has 4 aromatic rings. The first-order valence-corrected chi connectivity index (χ1v) is 14.5. The lowest BCUT2D eigenvalue weighted by molar-refractivity contribution is -0.139. The van der Waals surface area contributed by atoms with E-state index in [-0.39, 0.29) is 23.7 Å². The maximum atomic E-state index is 13.8. The van der Waals surface area contributed by atoms with Gasteiger partial charge in [-0.15, -0.1) is 0 Å². The lowest BCUT2D eigenvalue weighted by Gasteiger charge is -2.45. The SMILES string of the molecule is COc1cc(/C=N\N2C(=O)[C@@H]3C4c5ccccc5C(c5ccccc54)[C@@H]3C2=O)cc(Br)c1OCc1ccc(Cl)cc1. The van der Waals surface area contributed by atoms with Crippen LogP contribution in [0.5, 0.6) is 11.5 Å². The summed E-state index contributed by atoms with van der Waals surface area (Å²) in [5.74, 6) is -0.773. The summed E-state index contributed by atoms with van der Waals surface area (Å²) in [7, 11) is 1.56. The minimum Gasteiger partial charge on any atom is -0.493 e. The van der Waals surface area contributed by atoms with Crippen LogP contribution in [0.2, 0.25) is 5.02 Å². The number of carbonyl (C=O) groups excluding carboxylic acids is 2. The third-order valence-corrected chi connectivity index (χ3v) is 9.14. The van der Waals surface area contributed by atoms with Gasteiger partial charge in [-0.2, -0.15) is 10.1 Å². The molecule has 0 spiro atoms. The average molecular weight is 628 g/mol. The van der Waals surface area contributed by atoms with Gasteiger partial charge in [-0.05, 0) is 73.6 Å². The number of hydrogen-bond acceptors (Lipinski definition) is 5. The largest absolute Gasteiger partial charge is 0.493 e. The standard InChI is InChI=1S/C33H24BrClN2O4/c1-40-26-15-19(14-25(34)31(26)41-17-18-10-12-20(35)13-11-18)16-36-37-32(38)29-27-21-6-2-3-7-22(21)28(30(29)33(37)39)24-9-5-4-8-23(24)27/h2-16,27-30H,17H2,1H3/b36-16-/t27?,28?,29-,30+. The van der Waals surface area contributed by atoms with Crippen molar-refractivity contribution < 1.29 is 19.1 Å². The molecule has 0 N–H and O–H groups in total. The summed E-state index contributed by atoms with van der Waals surface area (Å²) < 4.78 is 12.3. The number of rotatable bonds is 6. The number of ether oxygens (including phenoxy) is 2. The van der Waals surface area contributed by atoms with Crippen LogP contribution in [0.3, 0.4) is 0 Å². The van der Waals surface area contributed by atoms with Crippen LogP contribution in [0, 0.1) is 11.8 Å². The molecule has 2 bridgehead atoms. The maximum absolute atomic E-state index is 13.8. The minimum absolute atomic E-state index is 0.166. The van der Waals surface area contributed by atoms with Crippen molar-refractivity contribution in [3.05, 3.63) is 128 Å². The second-order valence-electron chi connectivity index (χ2n) is 10.4. The Labute approximate surface area is 250 Å². The van der Waals surface area contributed by atoms with Crippen LogP contribution in [-0.4, -0.2) is 30.1 Å². The van der Waals surface area contributed by atoms with Gasteiger partial charge in [0, 0.05) is 16.9 Å². The van der Waals surface area contributed by atoms with Gasteiger partial charge in [0.15, 0.2) is 11.5 Å². The maximum Gasteiger partial charge on any atom is 0.254 e. The number of methoxy groups -OCH3 is 1. The first kappa shape index (κ1) is 26.0. The van der Waals surface area contributed by atoms with Gasteiger partial charge in [0.05, 0.1) is 29.6 Å². The third kappa shape index (κ3) is 4.18. The number of hydrazone groups is 1. The Balaban J connectivity index is 1.17. The molecule has 0 unspecified atom stereocenters. The van der Waals surface area contributed by atoms with Crippen LogP contribution in [0.4, 0.5) is 0 Å². The Morgan fingerprint density at radius 2 is 1.39 bits per heavy atom. The molecule has 0 radical (unpaired) electrons. The summed E-state index contributed by atoms with van der Waals surface area (Å²) in [5, 5.41) is 6.16. The van der Waals surface area contributed by atoms with Gasteiger partial charge < -0.3 is 9.47 Å². The van der Waals surface area contributed by atoms with Gasteiger partial charge in [-0.3, -0.25) is 9.59 Å². The van der Waals surface area contributed by atoms with Gasteiger partial charge in [0.25, 0.3) is 11.8 Å². The van der Waals surface area contributed by atoms with E-state index in [4.69, 9.17) is 21.1 Å². The van der Waals surface area contributed by atoms with E-state index in [1.54, 1.807) is 13.2 Å². The van der Waals surface area contributed by atoms with Gasteiger partial charge >= 0.3 is 0 Å². The summed E-state index contributed by atoms with van der Waals surface area (Å²) in [4.78, 5) is 27.6. The molecule has 1 heterocycles. The first-order valence-electron chi connectivity index (χ1n) is 13.3. The number of benzene rings is 4. The molecule has 0 saturated carbocycles. The smallest absolute Gasteiger partial charge is 0.254 e. The van der Waals surface area contributed by atoms with Crippen molar-refractivity contribution in [1.82, 2.24) is 5.01 Å². The van der Waals surface area contributed by atoms with E-state index in [9.17, 15) is 9.59 Å². The Morgan fingerprint density at radius 3 is 1.90 bits per heavy atom. The number of halogens is 2. The zero-order valence-corrected chi connectivity index (χ0v) is 24.3. The van der Waals surface area contributed by atoms with Crippen molar-refractivity contribution in [2.24, 2.45) is 16.9 Å². The number of hydrogen-bond donors (Lipinski definition) is 0. The highest BCUT2D eigenvalue weighted by molar-refractivity contribution is 9.10. The van der Waals surface area contributed by atoms with Crippen molar-refractivity contribution in [3.63, 3.8) is 0 Å². The molecule has 1 saturated heterocycles. The average Bonchev–Trinajstić information content (AvgIpc) is 3.25. The molecule has 6 nitrogen and oxygen atoms in total. The van der Waals surface area contributed by atoms with Crippen LogP contribution in [0.1, 0.15) is 45.2 Å². The molecule has 1 fully saturated rings. The topological polar surface area (TPSA) is 68.2 Å². The fourth-order valence-corrected chi connectivity index (χ4v) is 7.29. The highest BCUT2D eigenvalue weighted by Crippen LogP contribution is 2.61. The predicted molar refractivity (Wildman–Crippen MR) is 159 cm³/mol. The van der Waals surface area contributed by atoms with Crippen molar-refractivity contribution in [1.29, 1.82) is 0 Å². The van der Waals surface area contributed by atoms with Crippen LogP contribution < -0.4 is 9.47 Å². The van der Waals surface area contributed by atoms with E-state index in [0.717, 1.165) is 32.8 Å². The molecule has 0 aromatic heterocycles. The number of amides is 2. The van der Waals surface area contributed by atoms with Crippen molar-refractivity contribution >= 4 is 45.6 Å². The molecule has 8 rings (SSSR count). The monoisotopic (exact) mass is 626 g/mol. The molecule has 2 atom stereocenters. The molecular weight excluding hydrogens is 604 g/mol. The normalized spacial score (nSPS) is 22.1. The Morgan fingerprint density at radius 1 is 0.854 bits per heavy atom. The van der Waals surface area contributed by atoms with Crippen LogP contribution in [0.15, 0.2) is 94.5 Å². The second kappa shape index (κ2) is 10.2. The van der Waals surface area contributed by atoms with E-state index in [2.05, 4.69) is 45.3 Å². The minimum atomic E-state index is -0.473. The van der Waals surface area contributed by atoms with E-state index < -0.39 is 11.8 Å². The number of nitrogens with zero attached hydrogens (tertiary/aromatic N) is 2. The fraction of sp³-hybridized carbons (Fsp3) is 0.182. The molecule has 4 aliphatic rings. The predicted octanol–water partition coefficient (Wildman–Crippen LogP) is 6.92. The summed E-state index contributed by atoms with van der Waals surface area (Å²) in [6.07, 6.45) is 1.52. The van der Waals surface area contributed by atoms with Crippen molar-refractivity contribution in [2.75, 3.05) is 7.11 Å². The van der Waals surface area contributed by atoms with Gasteiger partial charge in [0.2, 0.25) is 0 Å². The third-order valence-electron chi connectivity index (χ3n) is 8.30. The van der Waals surface area contributed by atoms with Gasteiger partial charge in [0.1, 0.15) is 6.61 Å². The quantitative estimate of drug-likeness (QED) is 0.172. The fourth-order valence-electron chi connectivity index (χ4n) is 6.59. The summed E-state index contributed by atoms with van der Waals surface area (Å²) in [6.45, 7) is 0.326. The second-order valence-corrected chi connectivity index (χ2v) is 11.7. The van der Waals surface area contributed by atoms with Crippen LogP contribution in [-0.2, 0) is 16.2 Å². The van der Waals surface area contributed by atoms with Crippen LogP contribution in [0.25, 0.3) is 0 Å². The van der Waals surface area contributed by atoms with E-state index in [1.807, 2.05) is 54.6 Å². The molecule has 4 aromatic carbocycles. The zero-order chi connectivity index (χ0) is 28.2. The Hall–Kier alpha value is -3.94. The molecule has 8 heteroatoms. The summed E-state index contributed by atoms with van der Waals surface area (Å²) in [5.41, 5.74) is 6.14. The first-order chi connectivity index (χ1) is 20.0. The van der Waals surface area contributed by atoms with E-state index in [0.29, 0.717) is 33.2 Å². The zero-order valence-electron chi connectivity index (χ0n) is 22.0.